The highest BCUT2D eigenvalue weighted by molar-refractivity contribution is 5.94. The van der Waals surface area contributed by atoms with Gasteiger partial charge in [-0.1, -0.05) is 13.8 Å². The lowest BCUT2D eigenvalue weighted by molar-refractivity contribution is -0.125. The van der Waals surface area contributed by atoms with Crippen molar-refractivity contribution in [2.24, 2.45) is 11.7 Å². The Morgan fingerprint density at radius 3 is 2.48 bits per heavy atom. The maximum Gasteiger partial charge on any atom is 0.244 e. The van der Waals surface area contributed by atoms with E-state index in [0.717, 1.165) is 5.69 Å². The fraction of sp³-hybridized carbons (Fsp3) is 0.500. The molecule has 21 heavy (non-hydrogen) atoms. The zero-order chi connectivity index (χ0) is 16.0. The molecule has 0 saturated heterocycles. The predicted octanol–water partition coefficient (Wildman–Crippen LogP) is 0.186. The van der Waals surface area contributed by atoms with Crippen LogP contribution >= 0.6 is 0 Å². The summed E-state index contributed by atoms with van der Waals surface area (Å²) in [6, 6.07) is 2.93. The van der Waals surface area contributed by atoms with Crippen molar-refractivity contribution in [1.82, 2.24) is 10.3 Å². The van der Waals surface area contributed by atoms with Crippen molar-refractivity contribution in [2.45, 2.75) is 19.9 Å². The van der Waals surface area contributed by atoms with E-state index in [1.165, 1.54) is 0 Å². The largest absolute Gasteiger partial charge is 0.376 e. The molecule has 0 unspecified atom stereocenters. The van der Waals surface area contributed by atoms with Gasteiger partial charge in [0, 0.05) is 14.1 Å². The molecule has 7 heteroatoms. The first-order valence-corrected chi connectivity index (χ1v) is 6.77. The van der Waals surface area contributed by atoms with Gasteiger partial charge >= 0.3 is 0 Å². The number of aromatic nitrogens is 1. The van der Waals surface area contributed by atoms with Gasteiger partial charge in [0.05, 0.1) is 24.5 Å². The van der Waals surface area contributed by atoms with Gasteiger partial charge in [-0.3, -0.25) is 9.59 Å². The number of anilines is 2. The molecule has 2 amide bonds. The molecular weight excluding hydrogens is 270 g/mol. The van der Waals surface area contributed by atoms with Crippen molar-refractivity contribution in [3.05, 3.63) is 18.3 Å². The van der Waals surface area contributed by atoms with Gasteiger partial charge in [0.25, 0.3) is 0 Å². The second kappa shape index (κ2) is 7.58. The number of nitrogens with one attached hydrogen (secondary N) is 2. The van der Waals surface area contributed by atoms with Crippen molar-refractivity contribution in [3.8, 4) is 0 Å². The third kappa shape index (κ3) is 5.39. The second-order valence-corrected chi connectivity index (χ2v) is 5.33. The van der Waals surface area contributed by atoms with Gasteiger partial charge < -0.3 is 21.3 Å². The number of hydrogen-bond donors (Lipinski definition) is 3. The van der Waals surface area contributed by atoms with Gasteiger partial charge in [0.2, 0.25) is 11.8 Å². The van der Waals surface area contributed by atoms with E-state index in [9.17, 15) is 9.59 Å². The van der Waals surface area contributed by atoms with Crippen LogP contribution in [0.2, 0.25) is 0 Å². The summed E-state index contributed by atoms with van der Waals surface area (Å²) in [7, 11) is 3.81. The van der Waals surface area contributed by atoms with Crippen LogP contribution in [0.4, 0.5) is 11.5 Å². The number of hydrogen-bond acceptors (Lipinski definition) is 5. The van der Waals surface area contributed by atoms with Crippen LogP contribution in [-0.2, 0) is 9.59 Å². The third-order valence-corrected chi connectivity index (χ3v) is 2.98. The smallest absolute Gasteiger partial charge is 0.244 e. The molecule has 0 fully saturated rings. The number of nitrogens with zero attached hydrogens (tertiary/aromatic N) is 2. The Morgan fingerprint density at radius 1 is 1.33 bits per heavy atom. The summed E-state index contributed by atoms with van der Waals surface area (Å²) in [5.74, 6) is -0.221. The predicted molar refractivity (Wildman–Crippen MR) is 83.0 cm³/mol. The lowest BCUT2D eigenvalue weighted by atomic mass is 10.1. The highest BCUT2D eigenvalue weighted by Gasteiger charge is 2.17. The molecule has 7 nitrogen and oxygen atoms in total. The van der Waals surface area contributed by atoms with Crippen molar-refractivity contribution >= 4 is 23.3 Å². The number of nitrogens with two attached hydrogens (primary N) is 1. The molecule has 1 heterocycles. The van der Waals surface area contributed by atoms with Crippen LogP contribution in [0.5, 0.6) is 0 Å². The molecule has 0 aliphatic heterocycles. The molecule has 4 N–H and O–H groups in total. The van der Waals surface area contributed by atoms with E-state index in [0.29, 0.717) is 5.82 Å². The molecule has 0 bridgehead atoms. The van der Waals surface area contributed by atoms with Gasteiger partial charge in [-0.05, 0) is 18.1 Å². The molecule has 1 rings (SSSR count). The number of carbonyl (C=O) groups excluding carboxylic acids is 2. The summed E-state index contributed by atoms with van der Waals surface area (Å²) >= 11 is 0. The Morgan fingerprint density at radius 2 is 2.00 bits per heavy atom. The molecule has 0 aliphatic carbocycles. The van der Waals surface area contributed by atoms with Crippen LogP contribution in [0, 0.1) is 5.92 Å². The lowest BCUT2D eigenvalue weighted by Gasteiger charge is -2.15. The number of rotatable bonds is 6. The first-order valence-electron chi connectivity index (χ1n) is 6.77. The molecule has 0 aromatic carbocycles. The summed E-state index contributed by atoms with van der Waals surface area (Å²) < 4.78 is 0. The molecule has 0 spiro atoms. The van der Waals surface area contributed by atoms with Gasteiger partial charge in [0.1, 0.15) is 5.82 Å². The lowest BCUT2D eigenvalue weighted by Crippen LogP contribution is -2.46. The van der Waals surface area contributed by atoms with E-state index >= 15 is 0 Å². The molecule has 1 aromatic rings. The van der Waals surface area contributed by atoms with E-state index in [2.05, 4.69) is 15.6 Å². The summed E-state index contributed by atoms with van der Waals surface area (Å²) in [5.41, 5.74) is 6.62. The SMILES string of the molecule is CC(C)[C@H](N)C(=O)NCC(=O)Nc1ccc(N(C)C)cn1. The van der Waals surface area contributed by atoms with Crippen molar-refractivity contribution in [2.75, 3.05) is 30.9 Å². The summed E-state index contributed by atoms with van der Waals surface area (Å²) in [6.07, 6.45) is 1.66. The molecule has 116 valence electrons. The minimum atomic E-state index is -0.615. The Hall–Kier alpha value is -2.15. The topological polar surface area (TPSA) is 100 Å². The van der Waals surface area contributed by atoms with Crippen LogP contribution in [0.15, 0.2) is 18.3 Å². The molecular formula is C14H23N5O2. The average molecular weight is 293 g/mol. The highest BCUT2D eigenvalue weighted by Crippen LogP contribution is 2.11. The molecule has 0 aliphatic rings. The first kappa shape index (κ1) is 16.9. The summed E-state index contributed by atoms with van der Waals surface area (Å²) in [5, 5.41) is 5.11. The third-order valence-electron chi connectivity index (χ3n) is 2.98. The van der Waals surface area contributed by atoms with Crippen LogP contribution in [0.3, 0.4) is 0 Å². The van der Waals surface area contributed by atoms with Crippen LogP contribution in [0.1, 0.15) is 13.8 Å². The van der Waals surface area contributed by atoms with E-state index in [1.807, 2.05) is 38.9 Å². The Kier molecular flexibility index (Phi) is 6.10. The Labute approximate surface area is 124 Å². The molecule has 0 saturated carbocycles. The van der Waals surface area contributed by atoms with Gasteiger partial charge in [-0.2, -0.15) is 0 Å². The number of pyridine rings is 1. The van der Waals surface area contributed by atoms with Crippen molar-refractivity contribution in [1.29, 1.82) is 0 Å². The number of amides is 2. The molecule has 0 radical (unpaired) electrons. The fourth-order valence-electron chi connectivity index (χ4n) is 1.50. The van der Waals surface area contributed by atoms with Crippen LogP contribution < -0.4 is 21.3 Å². The second-order valence-electron chi connectivity index (χ2n) is 5.33. The first-order chi connectivity index (χ1) is 9.81. The average Bonchev–Trinajstić information content (AvgIpc) is 2.44. The maximum absolute atomic E-state index is 11.7. The zero-order valence-electron chi connectivity index (χ0n) is 12.9. The van der Waals surface area contributed by atoms with Gasteiger partial charge in [-0.25, -0.2) is 4.98 Å². The maximum atomic E-state index is 11.7. The fourth-order valence-corrected chi connectivity index (χ4v) is 1.50. The summed E-state index contributed by atoms with van der Waals surface area (Å²) in [4.78, 5) is 29.4. The quantitative estimate of drug-likeness (QED) is 0.695. The normalized spacial score (nSPS) is 11.9. The summed E-state index contributed by atoms with van der Waals surface area (Å²) in [6.45, 7) is 3.57. The van der Waals surface area contributed by atoms with Crippen molar-refractivity contribution in [3.63, 3.8) is 0 Å². The zero-order valence-corrected chi connectivity index (χ0v) is 12.9. The van der Waals surface area contributed by atoms with Crippen LogP contribution in [-0.4, -0.2) is 43.5 Å². The van der Waals surface area contributed by atoms with Crippen LogP contribution in [0.25, 0.3) is 0 Å². The minimum absolute atomic E-state index is 0.0216. The Balaban J connectivity index is 2.45. The monoisotopic (exact) mass is 293 g/mol. The number of carbonyl (C=O) groups is 2. The standard InChI is InChI=1S/C14H23N5O2/c1-9(2)13(15)14(21)17-8-12(20)18-11-6-5-10(7-16-11)19(3)4/h5-7,9,13H,8,15H2,1-4H3,(H,17,21)(H,16,18,20)/t13-/m0/s1. The van der Waals surface area contributed by atoms with Gasteiger partial charge in [0.15, 0.2) is 0 Å². The van der Waals surface area contributed by atoms with Crippen molar-refractivity contribution < 1.29 is 9.59 Å². The van der Waals surface area contributed by atoms with Gasteiger partial charge in [-0.15, -0.1) is 0 Å². The molecule has 1 aromatic heterocycles. The minimum Gasteiger partial charge on any atom is -0.376 e. The van der Waals surface area contributed by atoms with E-state index in [-0.39, 0.29) is 24.3 Å². The molecule has 1 atom stereocenters. The van der Waals surface area contributed by atoms with E-state index < -0.39 is 6.04 Å². The van der Waals surface area contributed by atoms with E-state index in [1.54, 1.807) is 12.3 Å². The van der Waals surface area contributed by atoms with E-state index in [4.69, 9.17) is 5.73 Å². The highest BCUT2D eigenvalue weighted by atomic mass is 16.2. The Bertz CT molecular complexity index is 485.